The molecule has 3 heteroatoms. The molecule has 3 nitrogen and oxygen atoms in total. The quantitative estimate of drug-likeness (QED) is 0.585. The molecule has 0 aromatic rings. The molecular weight excluding hydrogens is 154 g/mol. The van der Waals surface area contributed by atoms with Gasteiger partial charge < -0.3 is 9.64 Å². The van der Waals surface area contributed by atoms with Gasteiger partial charge in [-0.2, -0.15) is 0 Å². The molecule has 1 atom stereocenters. The highest BCUT2D eigenvalue weighted by Gasteiger charge is 2.24. The first-order chi connectivity index (χ1) is 5.77. The van der Waals surface area contributed by atoms with E-state index in [1.54, 1.807) is 4.90 Å². The summed E-state index contributed by atoms with van der Waals surface area (Å²) in [6, 6.07) is 0. The van der Waals surface area contributed by atoms with Gasteiger partial charge in [0.05, 0.1) is 6.10 Å². The van der Waals surface area contributed by atoms with Gasteiger partial charge in [-0.25, -0.2) is 0 Å². The molecule has 0 N–H and O–H groups in total. The van der Waals surface area contributed by atoms with Gasteiger partial charge in [-0.1, -0.05) is 6.58 Å². The molecule has 1 aliphatic rings. The molecule has 0 aromatic carbocycles. The molecule has 0 spiro atoms. The van der Waals surface area contributed by atoms with Crippen LogP contribution in [0.5, 0.6) is 0 Å². The Morgan fingerprint density at radius 1 is 1.83 bits per heavy atom. The Balaban J connectivity index is 2.34. The van der Waals surface area contributed by atoms with Gasteiger partial charge in [-0.15, -0.1) is 0 Å². The van der Waals surface area contributed by atoms with E-state index in [0.29, 0.717) is 0 Å². The van der Waals surface area contributed by atoms with Gasteiger partial charge in [0.2, 0.25) is 5.91 Å². The molecule has 0 saturated carbocycles. The largest absolute Gasteiger partial charge is 0.377 e. The van der Waals surface area contributed by atoms with Gasteiger partial charge >= 0.3 is 0 Å². The summed E-state index contributed by atoms with van der Waals surface area (Å²) >= 11 is 0. The molecule has 1 amide bonds. The summed E-state index contributed by atoms with van der Waals surface area (Å²) in [6.07, 6.45) is 2.54. The molecule has 12 heavy (non-hydrogen) atoms. The van der Waals surface area contributed by atoms with Crippen LogP contribution in [0.2, 0.25) is 0 Å². The minimum atomic E-state index is 0.0113. The second kappa shape index (κ2) is 4.26. The Morgan fingerprint density at radius 3 is 3.17 bits per heavy atom. The second-order valence-electron chi connectivity index (χ2n) is 2.85. The van der Waals surface area contributed by atoms with Crippen molar-refractivity contribution >= 4 is 5.91 Å². The standard InChI is InChI=1S/C9H15NO2/c1-3-9(11)10-6-5-8(7-10)12-4-2/h3,8H,1,4-7H2,2H3/t8-/m0/s1. The highest BCUT2D eigenvalue weighted by molar-refractivity contribution is 5.87. The van der Waals surface area contributed by atoms with Crippen LogP contribution in [0.25, 0.3) is 0 Å². The summed E-state index contributed by atoms with van der Waals surface area (Å²) in [5.41, 5.74) is 0. The van der Waals surface area contributed by atoms with E-state index in [2.05, 4.69) is 6.58 Å². The lowest BCUT2D eigenvalue weighted by Crippen LogP contribution is -2.28. The number of rotatable bonds is 3. The Kier molecular flexibility index (Phi) is 3.29. The third-order valence-corrected chi connectivity index (χ3v) is 2.03. The van der Waals surface area contributed by atoms with Crippen molar-refractivity contribution in [1.82, 2.24) is 4.90 Å². The van der Waals surface area contributed by atoms with Crippen molar-refractivity contribution in [3.05, 3.63) is 12.7 Å². The summed E-state index contributed by atoms with van der Waals surface area (Å²) < 4.78 is 5.40. The highest BCUT2D eigenvalue weighted by Crippen LogP contribution is 2.12. The lowest BCUT2D eigenvalue weighted by Gasteiger charge is -2.13. The van der Waals surface area contributed by atoms with E-state index < -0.39 is 0 Å². The van der Waals surface area contributed by atoms with Crippen molar-refractivity contribution < 1.29 is 9.53 Å². The third kappa shape index (κ3) is 2.08. The number of ether oxygens (including phenoxy) is 1. The smallest absolute Gasteiger partial charge is 0.246 e. The van der Waals surface area contributed by atoms with Crippen molar-refractivity contribution in [2.45, 2.75) is 19.4 Å². The third-order valence-electron chi connectivity index (χ3n) is 2.03. The zero-order valence-corrected chi connectivity index (χ0v) is 7.45. The van der Waals surface area contributed by atoms with E-state index >= 15 is 0 Å². The maximum atomic E-state index is 11.1. The fourth-order valence-electron chi connectivity index (χ4n) is 1.43. The topological polar surface area (TPSA) is 29.5 Å². The lowest BCUT2D eigenvalue weighted by atomic mass is 10.3. The molecule has 68 valence electrons. The summed E-state index contributed by atoms with van der Waals surface area (Å²) in [5, 5.41) is 0. The summed E-state index contributed by atoms with van der Waals surface area (Å²) in [5.74, 6) is 0.0113. The summed E-state index contributed by atoms with van der Waals surface area (Å²) in [4.78, 5) is 12.9. The van der Waals surface area contributed by atoms with E-state index in [4.69, 9.17) is 4.74 Å². The maximum absolute atomic E-state index is 11.1. The second-order valence-corrected chi connectivity index (χ2v) is 2.85. The Hall–Kier alpha value is -0.830. The average molecular weight is 169 g/mol. The predicted octanol–water partition coefficient (Wildman–Crippen LogP) is 0.810. The molecule has 0 radical (unpaired) electrons. The monoisotopic (exact) mass is 169 g/mol. The van der Waals surface area contributed by atoms with Gasteiger partial charge in [0.1, 0.15) is 0 Å². The van der Waals surface area contributed by atoms with E-state index in [0.717, 1.165) is 26.1 Å². The van der Waals surface area contributed by atoms with E-state index in [1.165, 1.54) is 6.08 Å². The molecule has 1 rings (SSSR count). The summed E-state index contributed by atoms with van der Waals surface area (Å²) in [7, 11) is 0. The Labute approximate surface area is 73.0 Å². The number of nitrogens with zero attached hydrogens (tertiary/aromatic N) is 1. The van der Waals surface area contributed by atoms with Gasteiger partial charge in [0.15, 0.2) is 0 Å². The van der Waals surface area contributed by atoms with Crippen LogP contribution in [0.3, 0.4) is 0 Å². The van der Waals surface area contributed by atoms with Gasteiger partial charge in [-0.05, 0) is 19.4 Å². The van der Waals surface area contributed by atoms with Crippen LogP contribution in [0.15, 0.2) is 12.7 Å². The number of carbonyl (C=O) groups is 1. The van der Waals surface area contributed by atoms with Crippen molar-refractivity contribution in [2.75, 3.05) is 19.7 Å². The first kappa shape index (κ1) is 9.26. The van der Waals surface area contributed by atoms with E-state index in [9.17, 15) is 4.79 Å². The predicted molar refractivity (Wildman–Crippen MR) is 46.8 cm³/mol. The molecule has 1 heterocycles. The van der Waals surface area contributed by atoms with Crippen LogP contribution in [0, 0.1) is 0 Å². The van der Waals surface area contributed by atoms with Crippen molar-refractivity contribution in [2.24, 2.45) is 0 Å². The van der Waals surface area contributed by atoms with Crippen molar-refractivity contribution in [1.29, 1.82) is 0 Å². The fraction of sp³-hybridized carbons (Fsp3) is 0.667. The van der Waals surface area contributed by atoms with Crippen LogP contribution >= 0.6 is 0 Å². The van der Waals surface area contributed by atoms with Crippen LogP contribution in [-0.2, 0) is 9.53 Å². The van der Waals surface area contributed by atoms with E-state index in [1.807, 2.05) is 6.92 Å². The highest BCUT2D eigenvalue weighted by atomic mass is 16.5. The van der Waals surface area contributed by atoms with E-state index in [-0.39, 0.29) is 12.0 Å². The minimum absolute atomic E-state index is 0.0113. The van der Waals surface area contributed by atoms with Crippen LogP contribution in [0.1, 0.15) is 13.3 Å². The molecule has 0 aromatic heterocycles. The average Bonchev–Trinajstić information content (AvgIpc) is 2.52. The number of amides is 1. The van der Waals surface area contributed by atoms with Crippen LogP contribution in [-0.4, -0.2) is 36.6 Å². The maximum Gasteiger partial charge on any atom is 0.246 e. The minimum Gasteiger partial charge on any atom is -0.377 e. The molecular formula is C9H15NO2. The molecule has 1 fully saturated rings. The molecule has 0 bridgehead atoms. The lowest BCUT2D eigenvalue weighted by molar-refractivity contribution is -0.125. The summed E-state index contributed by atoms with van der Waals surface area (Å²) in [6.45, 7) is 7.66. The number of hydrogen-bond donors (Lipinski definition) is 0. The normalized spacial score (nSPS) is 22.8. The first-order valence-electron chi connectivity index (χ1n) is 4.31. The van der Waals surface area contributed by atoms with Gasteiger partial charge in [0.25, 0.3) is 0 Å². The Morgan fingerprint density at radius 2 is 2.58 bits per heavy atom. The Bertz CT molecular complexity index is 179. The molecule has 0 unspecified atom stereocenters. The zero-order valence-electron chi connectivity index (χ0n) is 7.45. The number of hydrogen-bond acceptors (Lipinski definition) is 2. The van der Waals surface area contributed by atoms with Gasteiger partial charge in [-0.3, -0.25) is 4.79 Å². The van der Waals surface area contributed by atoms with Crippen LogP contribution in [0.4, 0.5) is 0 Å². The molecule has 1 saturated heterocycles. The first-order valence-corrected chi connectivity index (χ1v) is 4.31. The van der Waals surface area contributed by atoms with Crippen LogP contribution < -0.4 is 0 Å². The zero-order chi connectivity index (χ0) is 8.97. The van der Waals surface area contributed by atoms with Crippen molar-refractivity contribution in [3.63, 3.8) is 0 Å². The number of likely N-dealkylation sites (tertiary alicyclic amines) is 1. The van der Waals surface area contributed by atoms with Gasteiger partial charge in [0, 0.05) is 19.7 Å². The van der Waals surface area contributed by atoms with Crippen molar-refractivity contribution in [3.8, 4) is 0 Å². The molecule has 1 aliphatic heterocycles. The molecule has 0 aliphatic carbocycles. The fourth-order valence-corrected chi connectivity index (χ4v) is 1.43. The number of carbonyl (C=O) groups excluding carboxylic acids is 1. The SMILES string of the molecule is C=CC(=O)N1CC[C@H](OCC)C1.